The highest BCUT2D eigenvalue weighted by molar-refractivity contribution is 5.59. The lowest BCUT2D eigenvalue weighted by molar-refractivity contribution is -0.144. The highest BCUT2D eigenvalue weighted by Crippen LogP contribution is 2.28. The molecule has 0 saturated carbocycles. The maximum atomic E-state index is 13.6. The number of anilines is 2. The first kappa shape index (κ1) is 16.1. The van der Waals surface area contributed by atoms with E-state index in [4.69, 9.17) is 0 Å². The molecular formula is C14H10F5N5. The molecule has 0 aliphatic rings. The molecule has 0 aliphatic heterocycles. The number of fused-ring (bicyclic) bond motifs is 1. The molecule has 0 aliphatic carbocycles. The third-order valence-electron chi connectivity index (χ3n) is 3.25. The van der Waals surface area contributed by atoms with Crippen LogP contribution < -0.4 is 5.32 Å². The molecule has 0 bridgehead atoms. The number of nitrogens with zero attached hydrogens (tertiary/aromatic N) is 4. The average Bonchev–Trinajstić information content (AvgIpc) is 2.88. The number of hydrogen-bond donors (Lipinski definition) is 1. The first-order valence-electron chi connectivity index (χ1n) is 6.69. The van der Waals surface area contributed by atoms with Crippen molar-refractivity contribution in [2.75, 3.05) is 5.32 Å². The van der Waals surface area contributed by atoms with E-state index >= 15 is 0 Å². The smallest absolute Gasteiger partial charge is 0.340 e. The summed E-state index contributed by atoms with van der Waals surface area (Å²) in [6.07, 6.45) is -4.74. The fraction of sp³-hybridized carbons (Fsp3) is 0.214. The van der Waals surface area contributed by atoms with E-state index in [9.17, 15) is 22.0 Å². The average molecular weight is 343 g/mol. The van der Waals surface area contributed by atoms with Crippen LogP contribution in [0.5, 0.6) is 0 Å². The molecule has 3 rings (SSSR count). The number of alkyl halides is 3. The van der Waals surface area contributed by atoms with Crippen LogP contribution in [0.2, 0.25) is 0 Å². The number of nitrogens with one attached hydrogen (secondary N) is 1. The Kier molecular flexibility index (Phi) is 3.61. The Labute approximate surface area is 132 Å². The Bertz CT molecular complexity index is 908. The molecule has 3 aromatic rings. The molecule has 5 nitrogen and oxygen atoms in total. The van der Waals surface area contributed by atoms with Crippen molar-refractivity contribution in [1.82, 2.24) is 19.6 Å². The minimum absolute atomic E-state index is 0.0200. The third-order valence-corrected chi connectivity index (χ3v) is 3.25. The summed E-state index contributed by atoms with van der Waals surface area (Å²) in [4.78, 5) is 7.19. The van der Waals surface area contributed by atoms with Crippen molar-refractivity contribution in [3.05, 3.63) is 46.9 Å². The van der Waals surface area contributed by atoms with Crippen molar-refractivity contribution in [3.8, 4) is 0 Å². The van der Waals surface area contributed by atoms with E-state index in [2.05, 4.69) is 20.4 Å². The highest BCUT2D eigenvalue weighted by Gasteiger charge is 2.36. The second-order valence-electron chi connectivity index (χ2n) is 5.12. The molecule has 0 spiro atoms. The van der Waals surface area contributed by atoms with Crippen LogP contribution in [0.1, 0.15) is 17.1 Å². The molecular weight excluding hydrogens is 333 g/mol. The van der Waals surface area contributed by atoms with Gasteiger partial charge >= 0.3 is 6.18 Å². The number of halogens is 5. The van der Waals surface area contributed by atoms with Crippen molar-refractivity contribution in [2.24, 2.45) is 0 Å². The molecule has 1 aromatic carbocycles. The number of hydrogen-bond acceptors (Lipinski definition) is 4. The van der Waals surface area contributed by atoms with E-state index < -0.39 is 23.6 Å². The van der Waals surface area contributed by atoms with Gasteiger partial charge in [0, 0.05) is 23.0 Å². The molecule has 0 fully saturated rings. The van der Waals surface area contributed by atoms with E-state index in [1.165, 1.54) is 13.0 Å². The Hall–Kier alpha value is -2.78. The van der Waals surface area contributed by atoms with E-state index in [1.807, 2.05) is 0 Å². The zero-order valence-corrected chi connectivity index (χ0v) is 12.4. The predicted octanol–water partition coefficient (Wildman–Crippen LogP) is 3.78. The van der Waals surface area contributed by atoms with Gasteiger partial charge in [-0.05, 0) is 26.0 Å². The fourth-order valence-corrected chi connectivity index (χ4v) is 2.06. The molecule has 2 aromatic heterocycles. The van der Waals surface area contributed by atoms with Gasteiger partial charge < -0.3 is 5.32 Å². The maximum Gasteiger partial charge on any atom is 0.453 e. The summed E-state index contributed by atoms with van der Waals surface area (Å²) in [7, 11) is 0. The Morgan fingerprint density at radius 1 is 1.00 bits per heavy atom. The molecule has 0 atom stereocenters. The number of benzene rings is 1. The fourth-order valence-electron chi connectivity index (χ4n) is 2.06. The molecule has 0 amide bonds. The van der Waals surface area contributed by atoms with Gasteiger partial charge in [0.1, 0.15) is 17.5 Å². The number of rotatable bonds is 2. The summed E-state index contributed by atoms with van der Waals surface area (Å²) in [6.45, 7) is 2.82. The minimum Gasteiger partial charge on any atom is -0.340 e. The first-order chi connectivity index (χ1) is 11.1. The maximum absolute atomic E-state index is 13.6. The van der Waals surface area contributed by atoms with Crippen molar-refractivity contribution >= 4 is 17.3 Å². The third kappa shape index (κ3) is 2.86. The molecule has 1 N–H and O–H groups in total. The lowest BCUT2D eigenvalue weighted by atomic mass is 10.2. The lowest BCUT2D eigenvalue weighted by Crippen LogP contribution is -2.08. The zero-order chi connectivity index (χ0) is 17.6. The van der Waals surface area contributed by atoms with Crippen molar-refractivity contribution in [3.63, 3.8) is 0 Å². The van der Waals surface area contributed by atoms with Gasteiger partial charge in [0.2, 0.25) is 0 Å². The summed E-state index contributed by atoms with van der Waals surface area (Å²) in [5, 5.41) is 5.99. The van der Waals surface area contributed by atoms with Crippen LogP contribution in [0.3, 0.4) is 0 Å². The zero-order valence-electron chi connectivity index (χ0n) is 12.4. The van der Waals surface area contributed by atoms with Crippen LogP contribution in [-0.2, 0) is 6.18 Å². The molecule has 0 unspecified atom stereocenters. The Morgan fingerprint density at radius 2 is 1.62 bits per heavy atom. The predicted molar refractivity (Wildman–Crippen MR) is 74.9 cm³/mol. The summed E-state index contributed by atoms with van der Waals surface area (Å²) >= 11 is 0. The molecule has 0 radical (unpaired) electrons. The van der Waals surface area contributed by atoms with E-state index in [0.717, 1.165) is 16.6 Å². The molecule has 2 heterocycles. The second kappa shape index (κ2) is 5.39. The van der Waals surface area contributed by atoms with Crippen LogP contribution in [-0.4, -0.2) is 19.6 Å². The van der Waals surface area contributed by atoms with Gasteiger partial charge in [-0.15, -0.1) is 5.10 Å². The van der Waals surface area contributed by atoms with E-state index in [0.29, 0.717) is 5.69 Å². The first-order valence-corrected chi connectivity index (χ1v) is 6.69. The van der Waals surface area contributed by atoms with Crippen LogP contribution in [0.4, 0.5) is 33.5 Å². The van der Waals surface area contributed by atoms with Gasteiger partial charge in [-0.3, -0.25) is 0 Å². The van der Waals surface area contributed by atoms with E-state index in [1.54, 1.807) is 6.92 Å². The summed E-state index contributed by atoms with van der Waals surface area (Å²) < 4.78 is 66.3. The molecule has 10 heteroatoms. The van der Waals surface area contributed by atoms with Crippen LogP contribution in [0.15, 0.2) is 18.2 Å². The lowest BCUT2D eigenvalue weighted by Gasteiger charge is -2.10. The van der Waals surface area contributed by atoms with Gasteiger partial charge in [-0.25, -0.2) is 13.8 Å². The monoisotopic (exact) mass is 343 g/mol. The van der Waals surface area contributed by atoms with Gasteiger partial charge in [0.25, 0.3) is 11.6 Å². The van der Waals surface area contributed by atoms with Gasteiger partial charge in [0.05, 0.1) is 0 Å². The van der Waals surface area contributed by atoms with Crippen molar-refractivity contribution in [1.29, 1.82) is 0 Å². The number of aryl methyl sites for hydroxylation is 1. The van der Waals surface area contributed by atoms with Crippen LogP contribution in [0, 0.1) is 25.5 Å². The van der Waals surface area contributed by atoms with Gasteiger partial charge in [-0.2, -0.15) is 22.7 Å². The van der Waals surface area contributed by atoms with Crippen LogP contribution >= 0.6 is 0 Å². The SMILES string of the molecule is Cc1cc(Nc2cc(F)c(C)c(F)c2)n2nc(C(F)(F)F)nc2n1. The minimum atomic E-state index is -4.74. The molecule has 0 saturated heterocycles. The Balaban J connectivity index is 2.10. The number of aromatic nitrogens is 4. The van der Waals surface area contributed by atoms with Crippen molar-refractivity contribution < 1.29 is 22.0 Å². The standard InChI is InChI=1S/C14H10F5N5/c1-6-3-11(21-8-4-9(15)7(2)10(16)5-8)24-13(20-6)22-12(23-24)14(17,18)19/h3-5,21H,1-2H3. The normalized spacial score (nSPS) is 12.0. The topological polar surface area (TPSA) is 55.1 Å². The largest absolute Gasteiger partial charge is 0.453 e. The second-order valence-corrected chi connectivity index (χ2v) is 5.12. The summed E-state index contributed by atoms with van der Waals surface area (Å²) in [5.41, 5.74) is 0.224. The van der Waals surface area contributed by atoms with Gasteiger partial charge in [0.15, 0.2) is 0 Å². The summed E-state index contributed by atoms with van der Waals surface area (Å²) in [6, 6.07) is 3.45. The quantitative estimate of drug-likeness (QED) is 0.720. The van der Waals surface area contributed by atoms with E-state index in [-0.39, 0.29) is 22.8 Å². The van der Waals surface area contributed by atoms with Gasteiger partial charge in [-0.1, -0.05) is 0 Å². The van der Waals surface area contributed by atoms with Crippen molar-refractivity contribution in [2.45, 2.75) is 20.0 Å². The molecule has 24 heavy (non-hydrogen) atoms. The molecule has 126 valence electrons. The highest BCUT2D eigenvalue weighted by atomic mass is 19.4. The van der Waals surface area contributed by atoms with Crippen LogP contribution in [0.25, 0.3) is 5.78 Å². The summed E-state index contributed by atoms with van der Waals surface area (Å²) in [5.74, 6) is -3.16. The Morgan fingerprint density at radius 3 is 2.21 bits per heavy atom.